The number of nitrogens with one attached hydrogen (secondary N) is 2. The molecule has 0 fully saturated rings. The highest BCUT2D eigenvalue weighted by Crippen LogP contribution is 2.52. The highest BCUT2D eigenvalue weighted by Gasteiger charge is 2.32. The molecule has 10 N–H and O–H groups in total. The summed E-state index contributed by atoms with van der Waals surface area (Å²) < 4.78 is 77.6. The van der Waals surface area contributed by atoms with E-state index in [1.807, 2.05) is 32.9 Å². The summed E-state index contributed by atoms with van der Waals surface area (Å²) in [4.78, 5) is 61.4. The molecule has 3 aromatic rings. The van der Waals surface area contributed by atoms with Crippen LogP contribution in [0, 0.1) is 0 Å². The van der Waals surface area contributed by atoms with Crippen LogP contribution >= 0.6 is 45.7 Å². The topological polar surface area (TPSA) is 321 Å². The Labute approximate surface area is 421 Å². The summed E-state index contributed by atoms with van der Waals surface area (Å²) >= 11 is 3.51. The van der Waals surface area contributed by atoms with E-state index in [-0.39, 0.29) is 19.1 Å². The first kappa shape index (κ1) is 66.9. The van der Waals surface area contributed by atoms with Crippen molar-refractivity contribution in [1.82, 2.24) is 10.6 Å². The van der Waals surface area contributed by atoms with Gasteiger partial charge in [-0.25, -0.2) is 9.59 Å². The van der Waals surface area contributed by atoms with E-state index in [1.165, 1.54) is 40.6 Å². The van der Waals surface area contributed by atoms with Gasteiger partial charge in [0.15, 0.2) is 0 Å². The number of carbonyl (C=O) groups excluding carboxylic acids is 2. The van der Waals surface area contributed by atoms with Crippen LogP contribution in [-0.2, 0) is 65.5 Å². The van der Waals surface area contributed by atoms with Gasteiger partial charge in [0.05, 0.1) is 0 Å². The summed E-state index contributed by atoms with van der Waals surface area (Å²) in [5.41, 5.74) is 14.1. The van der Waals surface area contributed by atoms with Gasteiger partial charge in [0.1, 0.15) is 43.0 Å². The van der Waals surface area contributed by atoms with E-state index < -0.39 is 73.0 Å². The Balaban J connectivity index is 0.00000102. The first-order valence-electron chi connectivity index (χ1n) is 21.2. The van der Waals surface area contributed by atoms with E-state index in [9.17, 15) is 27.8 Å². The zero-order chi connectivity index (χ0) is 54.4. The molecule has 0 radical (unpaired) electrons. The SMILES string of the molecule is CC(C)(C)OC(=O)NCc1ccc(N)cc1.COP(=O)(CN(CP(=O)(OC)OC)c1ccc(CNC(=O)OC(C)(C)C)cc1)OC.C[Si](C)(C)Br.NCc1ccc(N(CP(=O)(O)O)CP(=O)(O)O)cc1. The van der Waals surface area contributed by atoms with Gasteiger partial charge in [0.25, 0.3) is 0 Å². The third kappa shape index (κ3) is 33.5. The number of alkyl carbamates (subject to hydrolysis) is 2. The largest absolute Gasteiger partial charge is 0.444 e. The fraction of sp³-hybridized carbons (Fsp3) is 0.524. The van der Waals surface area contributed by atoms with Gasteiger partial charge in [0.2, 0.25) is 0 Å². The van der Waals surface area contributed by atoms with Gasteiger partial charge in [0, 0.05) is 65.1 Å². The van der Waals surface area contributed by atoms with Crippen molar-refractivity contribution >= 4 is 81.6 Å². The van der Waals surface area contributed by atoms with E-state index in [4.69, 9.17) is 58.6 Å². The Bertz CT molecular complexity index is 2150. The third-order valence-electron chi connectivity index (χ3n) is 8.00. The summed E-state index contributed by atoms with van der Waals surface area (Å²) in [5, 5.41) is 5.35. The van der Waals surface area contributed by atoms with Crippen molar-refractivity contribution in [2.45, 2.75) is 92.0 Å². The number of amides is 2. The summed E-state index contributed by atoms with van der Waals surface area (Å²) in [6.45, 7) is 17.8. The molecular formula is C42H75BrN6O16P4Si. The fourth-order valence-electron chi connectivity index (χ4n) is 4.94. The maximum Gasteiger partial charge on any atom is 0.407 e. The van der Waals surface area contributed by atoms with Crippen molar-refractivity contribution < 1.29 is 75.0 Å². The van der Waals surface area contributed by atoms with Crippen LogP contribution in [0.1, 0.15) is 58.2 Å². The molecule has 2 amide bonds. The van der Waals surface area contributed by atoms with Gasteiger partial charge in [-0.3, -0.25) is 18.3 Å². The average Bonchev–Trinajstić information content (AvgIpc) is 3.23. The lowest BCUT2D eigenvalue weighted by Crippen LogP contribution is -2.32. The quantitative estimate of drug-likeness (QED) is 0.0240. The van der Waals surface area contributed by atoms with Crippen LogP contribution in [0.2, 0.25) is 19.6 Å². The summed E-state index contributed by atoms with van der Waals surface area (Å²) in [6.07, 6.45) is -2.78. The monoisotopic (exact) mass is 1150 g/mol. The van der Waals surface area contributed by atoms with Gasteiger partial charge in [-0.15, -0.1) is 15.3 Å². The average molecular weight is 1150 g/mol. The zero-order valence-corrected chi connectivity index (χ0v) is 48.4. The number of carbonyl (C=O) groups is 2. The molecule has 0 saturated carbocycles. The van der Waals surface area contributed by atoms with Gasteiger partial charge >= 0.3 is 42.6 Å². The summed E-state index contributed by atoms with van der Waals surface area (Å²) in [5.74, 6) is 0. The second kappa shape index (κ2) is 30.1. The summed E-state index contributed by atoms with van der Waals surface area (Å²) in [7, 11) is -10.7. The van der Waals surface area contributed by atoms with Crippen molar-refractivity contribution in [2.24, 2.45) is 5.73 Å². The van der Waals surface area contributed by atoms with E-state index in [0.717, 1.165) is 21.6 Å². The summed E-state index contributed by atoms with van der Waals surface area (Å²) in [6, 6.07) is 20.6. The van der Waals surface area contributed by atoms with Gasteiger partial charge in [-0.1, -0.05) is 56.0 Å². The number of anilines is 3. The molecule has 0 aliphatic carbocycles. The Hall–Kier alpha value is -3.14. The smallest absolute Gasteiger partial charge is 0.407 e. The number of nitrogens with zero attached hydrogens (tertiary/aromatic N) is 2. The lowest BCUT2D eigenvalue weighted by atomic mass is 10.2. The molecule has 3 rings (SSSR count). The van der Waals surface area contributed by atoms with Crippen molar-refractivity contribution in [1.29, 1.82) is 0 Å². The predicted octanol–water partition coefficient (Wildman–Crippen LogP) is 9.14. The number of rotatable bonds is 19. The molecule has 400 valence electrons. The maximum atomic E-state index is 12.6. The lowest BCUT2D eigenvalue weighted by Gasteiger charge is -2.29. The van der Waals surface area contributed by atoms with Crippen molar-refractivity contribution in [3.05, 3.63) is 89.5 Å². The fourth-order valence-corrected chi connectivity index (χ4v) is 8.79. The molecule has 0 spiro atoms. The molecule has 0 aromatic heterocycles. The first-order valence-corrected chi connectivity index (χ1v) is 34.0. The molecule has 70 heavy (non-hydrogen) atoms. The Kier molecular flexibility index (Phi) is 28.8. The van der Waals surface area contributed by atoms with Crippen LogP contribution in [0.4, 0.5) is 26.7 Å². The molecule has 3 aromatic carbocycles. The zero-order valence-electron chi connectivity index (χ0n) is 42.3. The van der Waals surface area contributed by atoms with E-state index in [0.29, 0.717) is 30.2 Å². The molecule has 22 nitrogen and oxygen atoms in total. The lowest BCUT2D eigenvalue weighted by molar-refractivity contribution is 0.0512. The molecule has 0 atom stereocenters. The Morgan fingerprint density at radius 1 is 0.571 bits per heavy atom. The Morgan fingerprint density at radius 3 is 1.10 bits per heavy atom. The number of hydrogen-bond donors (Lipinski definition) is 8. The van der Waals surface area contributed by atoms with Crippen LogP contribution in [0.3, 0.4) is 0 Å². The highest BCUT2D eigenvalue weighted by molar-refractivity contribution is 9.26. The van der Waals surface area contributed by atoms with Crippen molar-refractivity contribution in [3.8, 4) is 0 Å². The number of benzene rings is 3. The minimum absolute atomic E-state index is 0.161. The van der Waals surface area contributed by atoms with Crippen LogP contribution in [0.25, 0.3) is 0 Å². The van der Waals surface area contributed by atoms with E-state index in [1.54, 1.807) is 74.2 Å². The van der Waals surface area contributed by atoms with Gasteiger partial charge in [-0.2, -0.15) is 0 Å². The van der Waals surface area contributed by atoms with E-state index >= 15 is 0 Å². The first-order chi connectivity index (χ1) is 31.9. The van der Waals surface area contributed by atoms with E-state index in [2.05, 4.69) is 45.6 Å². The number of nitrogen functional groups attached to an aromatic ring is 1. The maximum absolute atomic E-state index is 12.6. The second-order valence-electron chi connectivity index (χ2n) is 18.0. The van der Waals surface area contributed by atoms with Crippen LogP contribution in [0.5, 0.6) is 0 Å². The normalized spacial score (nSPS) is 12.1. The molecule has 0 bridgehead atoms. The predicted molar refractivity (Wildman–Crippen MR) is 282 cm³/mol. The van der Waals surface area contributed by atoms with Crippen LogP contribution in [0.15, 0.2) is 72.8 Å². The van der Waals surface area contributed by atoms with Gasteiger partial charge in [-0.05, 0) is 94.6 Å². The molecule has 0 unspecified atom stereocenters. The van der Waals surface area contributed by atoms with Gasteiger partial charge < -0.3 is 79.0 Å². The molecule has 28 heteroatoms. The van der Waals surface area contributed by atoms with Crippen LogP contribution < -0.4 is 31.9 Å². The van der Waals surface area contributed by atoms with Crippen molar-refractivity contribution in [3.63, 3.8) is 0 Å². The second-order valence-corrected chi connectivity index (χ2v) is 36.9. The highest BCUT2D eigenvalue weighted by atomic mass is 79.9. The molecule has 0 aliphatic rings. The number of halogens is 1. The minimum atomic E-state index is -4.43. The third-order valence-corrected chi connectivity index (χ3v) is 13.0. The molecule has 0 aliphatic heterocycles. The molecular weight excluding hydrogens is 1080 g/mol. The minimum Gasteiger partial charge on any atom is -0.444 e. The number of hydrogen-bond acceptors (Lipinski definition) is 16. The number of nitrogens with two attached hydrogens (primary N) is 2. The number of ether oxygens (including phenoxy) is 2. The standard InChI is InChI=1S/C18H32N2O8P2.C12H18N2O2.C9H16N2O6P2.C3H9BrSi/c1-18(2,3)28-17(21)19-12-15-8-10-16(11-9-15)20(13-29(22,24-4)25-5)14-30(23,26-6)27-7;1-12(2,3)16-11(15)14-8-9-4-6-10(13)7-5-9;10-5-8-1-3-9(4-2-8)11(6-18(12,13)14)7-19(15,16)17;1-5(2,3)4/h8-11H,12-14H2,1-7H3,(H,19,21);4-7H,8,13H2,1-3H3,(H,14,15);1-4H,5-7,10H2,(H2,12,13,14)(H2,15,16,17);1-3H3. The molecule has 0 heterocycles. The Morgan fingerprint density at radius 2 is 0.843 bits per heavy atom. The van der Waals surface area contributed by atoms with Crippen LogP contribution in [-0.4, -0.2) is 103 Å². The molecule has 0 saturated heterocycles. The van der Waals surface area contributed by atoms with Crippen molar-refractivity contribution in [2.75, 3.05) is 69.1 Å².